The van der Waals surface area contributed by atoms with Gasteiger partial charge >= 0.3 is 0 Å². The predicted octanol–water partition coefficient (Wildman–Crippen LogP) is 0.865. The van der Waals surface area contributed by atoms with Crippen molar-refractivity contribution in [3.05, 3.63) is 12.3 Å². The summed E-state index contributed by atoms with van der Waals surface area (Å²) in [5, 5.41) is 0. The molecule has 0 aliphatic carbocycles. The largest absolute Gasteiger partial charge is 0.416 e. The van der Waals surface area contributed by atoms with Gasteiger partial charge in [0.25, 0.3) is 0 Å². The summed E-state index contributed by atoms with van der Waals surface area (Å²) in [6.07, 6.45) is 2.63. The Balaban J connectivity index is 0.000000640. The Hall–Kier alpha value is 0.134. The van der Waals surface area contributed by atoms with Gasteiger partial charge in [-0.15, -0.1) is 6.58 Å². The van der Waals surface area contributed by atoms with Crippen molar-refractivity contribution in [1.29, 1.82) is 0 Å². The van der Waals surface area contributed by atoms with Crippen molar-refractivity contribution in [2.24, 2.45) is 0 Å². The molecule has 0 aromatic heterocycles. The maximum Gasteiger partial charge on any atom is 0.200 e. The molecule has 0 saturated carbocycles. The monoisotopic (exact) mass is 156 g/mol. The van der Waals surface area contributed by atoms with Crippen molar-refractivity contribution in [3.63, 3.8) is 0 Å². The lowest BCUT2D eigenvalue weighted by molar-refractivity contribution is 0.294. The van der Waals surface area contributed by atoms with Gasteiger partial charge in [-0.05, 0) is 12.5 Å². The fraction of sp³-hybridized carbons (Fsp3) is 0.667. The second kappa shape index (κ2) is 4.96. The summed E-state index contributed by atoms with van der Waals surface area (Å²) in [4.78, 5) is 0. The first kappa shape index (κ1) is 9.13. The van der Waals surface area contributed by atoms with Crippen LogP contribution in [0.15, 0.2) is 12.3 Å². The van der Waals surface area contributed by atoms with Crippen molar-refractivity contribution < 1.29 is 4.43 Å². The maximum atomic E-state index is 5.45. The van der Waals surface area contributed by atoms with Crippen LogP contribution in [0.5, 0.6) is 0 Å². The molecule has 9 heavy (non-hydrogen) atoms. The molecule has 0 aromatic carbocycles. The zero-order valence-corrected chi connectivity index (χ0v) is 7.75. The Kier molecular flexibility index (Phi) is 5.04. The first-order valence-electron chi connectivity index (χ1n) is 3.17. The van der Waals surface area contributed by atoms with Crippen LogP contribution in [0.1, 0.15) is 12.8 Å². The molecule has 3 heteroatoms. The molecule has 50 valence electrons. The second-order valence-electron chi connectivity index (χ2n) is 2.14. The molecule has 1 unspecified atom stereocenters. The predicted molar refractivity (Wildman–Crippen MR) is 43.1 cm³/mol. The molecule has 0 aromatic rings. The van der Waals surface area contributed by atoms with Gasteiger partial charge in [0.2, 0.25) is 9.04 Å². The van der Waals surface area contributed by atoms with Gasteiger partial charge in [-0.2, -0.15) is 0 Å². The Morgan fingerprint density at radius 2 is 2.22 bits per heavy atom. The Bertz CT molecular complexity index is 79.1. The highest BCUT2D eigenvalue weighted by molar-refractivity contribution is 6.57. The molecular weight excluding hydrogens is 144 g/mol. The van der Waals surface area contributed by atoms with Gasteiger partial charge in [0, 0.05) is 17.6 Å². The van der Waals surface area contributed by atoms with Gasteiger partial charge < -0.3 is 4.43 Å². The minimum Gasteiger partial charge on any atom is -0.416 e. The van der Waals surface area contributed by atoms with Crippen LogP contribution in [0.4, 0.5) is 0 Å². The van der Waals surface area contributed by atoms with Gasteiger partial charge in [0.1, 0.15) is 0 Å². The molecule has 1 nitrogen and oxygen atoms in total. The summed E-state index contributed by atoms with van der Waals surface area (Å²) in [5.41, 5.74) is 2.03. The van der Waals surface area contributed by atoms with Crippen molar-refractivity contribution in [1.82, 2.24) is 0 Å². The van der Waals surface area contributed by atoms with Gasteiger partial charge in [-0.1, -0.05) is 12.1 Å². The van der Waals surface area contributed by atoms with E-state index < -0.39 is 9.04 Å². The standard InChI is InChI=1S/C6H12OSi.Si/c1-2-8-6-4-3-5-7-8;/h2,8H,1,3-6H2;. The summed E-state index contributed by atoms with van der Waals surface area (Å²) in [7, 11) is -0.841. The van der Waals surface area contributed by atoms with Gasteiger partial charge in [0.15, 0.2) is 0 Å². The zero-order chi connectivity index (χ0) is 5.82. The van der Waals surface area contributed by atoms with E-state index in [4.69, 9.17) is 4.43 Å². The number of hydrogen-bond donors (Lipinski definition) is 0. The highest BCUT2D eigenvalue weighted by Crippen LogP contribution is 2.10. The number of rotatable bonds is 1. The van der Waals surface area contributed by atoms with Crippen LogP contribution < -0.4 is 0 Å². The summed E-state index contributed by atoms with van der Waals surface area (Å²) < 4.78 is 5.45. The van der Waals surface area contributed by atoms with E-state index in [0.717, 1.165) is 6.61 Å². The molecule has 1 aliphatic heterocycles. The van der Waals surface area contributed by atoms with E-state index in [1.807, 2.05) is 5.70 Å². The van der Waals surface area contributed by atoms with Crippen molar-refractivity contribution in [2.45, 2.75) is 18.9 Å². The Morgan fingerprint density at radius 1 is 1.44 bits per heavy atom. The topological polar surface area (TPSA) is 9.23 Å². The third kappa shape index (κ3) is 2.98. The minimum absolute atomic E-state index is 0. The molecule has 1 rings (SSSR count). The molecule has 1 aliphatic rings. The Morgan fingerprint density at radius 3 is 2.56 bits per heavy atom. The maximum absolute atomic E-state index is 5.45. The zero-order valence-electron chi connectivity index (χ0n) is 5.60. The van der Waals surface area contributed by atoms with Crippen LogP contribution in [-0.2, 0) is 4.43 Å². The van der Waals surface area contributed by atoms with Crippen LogP contribution in [0.2, 0.25) is 6.04 Å². The molecule has 0 spiro atoms. The van der Waals surface area contributed by atoms with Crippen LogP contribution in [0.25, 0.3) is 0 Å². The van der Waals surface area contributed by atoms with E-state index in [1.54, 1.807) is 0 Å². The molecular formula is C6H12OSi2. The fourth-order valence-corrected chi connectivity index (χ4v) is 2.65. The van der Waals surface area contributed by atoms with E-state index in [0.29, 0.717) is 0 Å². The van der Waals surface area contributed by atoms with E-state index in [-0.39, 0.29) is 11.0 Å². The van der Waals surface area contributed by atoms with E-state index in [9.17, 15) is 0 Å². The lowest BCUT2D eigenvalue weighted by atomic mass is 10.4. The lowest BCUT2D eigenvalue weighted by Crippen LogP contribution is -2.20. The summed E-state index contributed by atoms with van der Waals surface area (Å²) in [6, 6.07) is 1.31. The quantitative estimate of drug-likeness (QED) is 0.512. The molecule has 1 fully saturated rings. The van der Waals surface area contributed by atoms with Crippen molar-refractivity contribution >= 4 is 20.0 Å². The molecule has 0 N–H and O–H groups in total. The summed E-state index contributed by atoms with van der Waals surface area (Å²) in [6.45, 7) is 4.71. The average molecular weight is 156 g/mol. The SMILES string of the molecule is C=C[SiH]1CCCCO1.[Si]. The van der Waals surface area contributed by atoms with Crippen LogP contribution >= 0.6 is 0 Å². The molecule has 0 bridgehead atoms. The second-order valence-corrected chi connectivity index (χ2v) is 4.60. The average Bonchev–Trinajstić information content (AvgIpc) is 1.90. The third-order valence-corrected chi connectivity index (χ3v) is 3.64. The van der Waals surface area contributed by atoms with Crippen LogP contribution in [0, 0.1) is 0 Å². The first-order chi connectivity index (χ1) is 3.93. The molecule has 1 atom stereocenters. The molecule has 4 radical (unpaired) electrons. The van der Waals surface area contributed by atoms with Crippen molar-refractivity contribution in [3.8, 4) is 0 Å². The smallest absolute Gasteiger partial charge is 0.200 e. The van der Waals surface area contributed by atoms with Gasteiger partial charge in [-0.3, -0.25) is 0 Å². The summed E-state index contributed by atoms with van der Waals surface area (Å²) >= 11 is 0. The number of hydrogen-bond acceptors (Lipinski definition) is 1. The van der Waals surface area contributed by atoms with E-state index in [1.165, 1.54) is 18.9 Å². The fourth-order valence-electron chi connectivity index (χ4n) is 0.952. The van der Waals surface area contributed by atoms with E-state index in [2.05, 4.69) is 6.58 Å². The summed E-state index contributed by atoms with van der Waals surface area (Å²) in [5.74, 6) is 0. The molecule has 1 saturated heterocycles. The first-order valence-corrected chi connectivity index (χ1v) is 5.13. The molecule has 1 heterocycles. The van der Waals surface area contributed by atoms with E-state index >= 15 is 0 Å². The highest BCUT2D eigenvalue weighted by atomic mass is 28.3. The van der Waals surface area contributed by atoms with Crippen molar-refractivity contribution in [2.75, 3.05) is 6.61 Å². The van der Waals surface area contributed by atoms with Crippen LogP contribution in [0.3, 0.4) is 0 Å². The van der Waals surface area contributed by atoms with Gasteiger partial charge in [-0.25, -0.2) is 0 Å². The highest BCUT2D eigenvalue weighted by Gasteiger charge is 2.10. The minimum atomic E-state index is -0.841. The third-order valence-electron chi connectivity index (χ3n) is 1.48. The normalized spacial score (nSPS) is 26.4. The lowest BCUT2D eigenvalue weighted by Gasteiger charge is -2.16. The Labute approximate surface area is 62.9 Å². The molecule has 0 amide bonds. The van der Waals surface area contributed by atoms with Crippen LogP contribution in [-0.4, -0.2) is 26.6 Å². The van der Waals surface area contributed by atoms with Gasteiger partial charge in [0.05, 0.1) is 0 Å².